The third-order valence-corrected chi connectivity index (χ3v) is 11.1. The highest BCUT2D eigenvalue weighted by Gasteiger charge is 2.29. The number of fused-ring (bicyclic) bond motifs is 6. The van der Waals surface area contributed by atoms with Gasteiger partial charge in [-0.05, 0) is 68.5 Å². The van der Waals surface area contributed by atoms with Crippen molar-refractivity contribution < 1.29 is 8.83 Å². The van der Waals surface area contributed by atoms with E-state index in [2.05, 4.69) is 190 Å². The Morgan fingerprint density at radius 3 is 1.77 bits per heavy atom. The lowest BCUT2D eigenvalue weighted by Gasteiger charge is -2.22. The zero-order chi connectivity index (χ0) is 35.7. The highest BCUT2D eigenvalue weighted by Crippen LogP contribution is 2.51. The molecule has 0 aliphatic rings. The summed E-state index contributed by atoms with van der Waals surface area (Å²) in [6, 6.07) is 49.8. The van der Waals surface area contributed by atoms with Crippen LogP contribution >= 0.6 is 15.9 Å². The van der Waals surface area contributed by atoms with Crippen LogP contribution in [0.3, 0.4) is 0 Å². The maximum absolute atomic E-state index is 7.24. The van der Waals surface area contributed by atoms with E-state index in [1.54, 1.807) is 0 Å². The first kappa shape index (κ1) is 32.5. The fourth-order valence-corrected chi connectivity index (χ4v) is 8.56. The van der Waals surface area contributed by atoms with Gasteiger partial charge in [0.25, 0.3) is 0 Å². The molecule has 0 saturated heterocycles. The van der Waals surface area contributed by atoms with Crippen molar-refractivity contribution in [3.8, 4) is 44.5 Å². The van der Waals surface area contributed by atoms with Gasteiger partial charge in [0.2, 0.25) is 0 Å². The van der Waals surface area contributed by atoms with Crippen molar-refractivity contribution in [3.05, 3.63) is 155 Å². The molecule has 0 bridgehead atoms. The third-order valence-electron chi connectivity index (χ3n) is 10.5. The van der Waals surface area contributed by atoms with Crippen LogP contribution in [-0.2, 0) is 5.41 Å². The molecule has 0 spiro atoms. The molecule has 0 fully saturated rings. The Kier molecular flexibility index (Phi) is 7.75. The van der Waals surface area contributed by atoms with Crippen molar-refractivity contribution in [2.24, 2.45) is 0 Å². The molecule has 2 aromatic heterocycles. The van der Waals surface area contributed by atoms with E-state index in [-0.39, 0.29) is 5.41 Å². The van der Waals surface area contributed by atoms with E-state index in [1.165, 1.54) is 22.3 Å². The van der Waals surface area contributed by atoms with Gasteiger partial charge in [-0.2, -0.15) is 0 Å². The van der Waals surface area contributed by atoms with Crippen LogP contribution in [0.4, 0.5) is 0 Å². The minimum atomic E-state index is -0.139. The van der Waals surface area contributed by atoms with Crippen molar-refractivity contribution in [1.82, 2.24) is 0 Å². The van der Waals surface area contributed by atoms with E-state index in [0.717, 1.165) is 81.7 Å². The number of rotatable bonds is 5. The predicted octanol–water partition coefficient (Wildman–Crippen LogP) is 15.3. The summed E-state index contributed by atoms with van der Waals surface area (Å²) in [6.07, 6.45) is 0. The second-order valence-electron chi connectivity index (χ2n) is 15.2. The second kappa shape index (κ2) is 12.4. The summed E-state index contributed by atoms with van der Waals surface area (Å²) in [6.45, 7) is 11.3. The first-order valence-corrected chi connectivity index (χ1v) is 18.9. The van der Waals surface area contributed by atoms with Crippen molar-refractivity contribution in [2.75, 3.05) is 0 Å². The van der Waals surface area contributed by atoms with Crippen LogP contribution in [0.1, 0.15) is 51.7 Å². The fourth-order valence-electron chi connectivity index (χ4n) is 7.94. The molecule has 7 aromatic carbocycles. The normalized spacial score (nSPS) is 12.2. The molecule has 52 heavy (non-hydrogen) atoms. The van der Waals surface area contributed by atoms with E-state index >= 15 is 0 Å². The molecule has 3 heteroatoms. The van der Waals surface area contributed by atoms with Crippen LogP contribution < -0.4 is 0 Å². The summed E-state index contributed by atoms with van der Waals surface area (Å²) in [5.74, 6) is 0.312. The van der Waals surface area contributed by atoms with Crippen molar-refractivity contribution in [2.45, 2.75) is 46.0 Å². The third kappa shape index (κ3) is 5.21. The Hall–Kier alpha value is -5.38. The van der Waals surface area contributed by atoms with Gasteiger partial charge in [-0.25, -0.2) is 0 Å². The average molecular weight is 740 g/mol. The Morgan fingerprint density at radius 2 is 1.06 bits per heavy atom. The van der Waals surface area contributed by atoms with Gasteiger partial charge in [-0.15, -0.1) is 0 Å². The monoisotopic (exact) mass is 738 g/mol. The lowest BCUT2D eigenvalue weighted by atomic mass is 9.82. The molecular weight excluding hydrogens is 700 g/mol. The smallest absolute Gasteiger partial charge is 0.144 e. The van der Waals surface area contributed by atoms with Gasteiger partial charge >= 0.3 is 0 Å². The number of hydrogen-bond donors (Lipinski definition) is 0. The topological polar surface area (TPSA) is 26.3 Å². The first-order chi connectivity index (χ1) is 25.2. The lowest BCUT2D eigenvalue weighted by molar-refractivity contribution is 0.594. The molecule has 0 aliphatic carbocycles. The molecule has 0 atom stereocenters. The molecule has 9 rings (SSSR count). The molecule has 0 amide bonds. The predicted molar refractivity (Wildman–Crippen MR) is 223 cm³/mol. The largest absolute Gasteiger partial charge is 0.455 e. The van der Waals surface area contributed by atoms with Gasteiger partial charge in [0.05, 0.1) is 0 Å². The minimum absolute atomic E-state index is 0.139. The fraction of sp³-hybridized carbons (Fsp3) is 0.143. The van der Waals surface area contributed by atoms with E-state index in [4.69, 9.17) is 8.83 Å². The Morgan fingerprint density at radius 1 is 0.481 bits per heavy atom. The number of furan rings is 2. The maximum atomic E-state index is 7.24. The minimum Gasteiger partial charge on any atom is -0.455 e. The number of para-hydroxylation sites is 2. The Bertz CT molecular complexity index is 2790. The standard InChI is InChI=1S/C49H39BrO2/c1-29(2)34-21-13-23-38-42-37(26-25-36(47(42)51-45(34)38)31-17-10-7-11-18-31)44-41(50)28-40(49(3,4)5)43-39-24-14-22-35(46(39)52-48(43)44)33-20-12-19-32(27-33)30-15-8-6-9-16-30/h6-29H,1-5H3. The van der Waals surface area contributed by atoms with Crippen LogP contribution in [0.25, 0.3) is 88.4 Å². The molecule has 2 heterocycles. The van der Waals surface area contributed by atoms with Crippen molar-refractivity contribution >= 4 is 59.8 Å². The summed E-state index contributed by atoms with van der Waals surface area (Å²) in [5, 5.41) is 4.48. The molecule has 0 saturated carbocycles. The average Bonchev–Trinajstić information content (AvgIpc) is 3.74. The van der Waals surface area contributed by atoms with E-state index in [0.29, 0.717) is 5.92 Å². The molecule has 9 aromatic rings. The zero-order valence-corrected chi connectivity index (χ0v) is 31.6. The summed E-state index contributed by atoms with van der Waals surface area (Å²) in [7, 11) is 0. The molecule has 0 radical (unpaired) electrons. The van der Waals surface area contributed by atoms with Gasteiger partial charge in [0.15, 0.2) is 0 Å². The lowest BCUT2D eigenvalue weighted by Crippen LogP contribution is -2.11. The quantitative estimate of drug-likeness (QED) is 0.176. The van der Waals surface area contributed by atoms with E-state index < -0.39 is 0 Å². The number of hydrogen-bond acceptors (Lipinski definition) is 2. The van der Waals surface area contributed by atoms with Gasteiger partial charge in [-0.1, -0.05) is 172 Å². The number of benzene rings is 7. The first-order valence-electron chi connectivity index (χ1n) is 18.1. The van der Waals surface area contributed by atoms with Crippen molar-refractivity contribution in [1.29, 1.82) is 0 Å². The van der Waals surface area contributed by atoms with Crippen LogP contribution in [0, 0.1) is 0 Å². The van der Waals surface area contributed by atoms with Gasteiger partial charge in [0.1, 0.15) is 22.3 Å². The van der Waals surface area contributed by atoms with Gasteiger partial charge in [-0.3, -0.25) is 0 Å². The summed E-state index contributed by atoms with van der Waals surface area (Å²) in [4.78, 5) is 0. The summed E-state index contributed by atoms with van der Waals surface area (Å²) >= 11 is 4.10. The Labute approximate surface area is 312 Å². The molecule has 0 unspecified atom stereocenters. The Balaban J connectivity index is 1.38. The van der Waals surface area contributed by atoms with E-state index in [9.17, 15) is 0 Å². The van der Waals surface area contributed by atoms with Gasteiger partial charge < -0.3 is 8.83 Å². The molecular formula is C49H39BrO2. The van der Waals surface area contributed by atoms with Crippen LogP contribution in [0.5, 0.6) is 0 Å². The maximum Gasteiger partial charge on any atom is 0.144 e. The van der Waals surface area contributed by atoms with Gasteiger partial charge in [0, 0.05) is 42.7 Å². The second-order valence-corrected chi connectivity index (χ2v) is 16.0. The SMILES string of the molecule is CC(C)c1cccc2c1oc1c(-c3ccccc3)ccc(-c3c(Br)cc(C(C)(C)C)c4c3oc3c(-c5cccc(-c6ccccc6)c5)cccc34)c12. The molecule has 0 N–H and O–H groups in total. The summed E-state index contributed by atoms with van der Waals surface area (Å²) < 4.78 is 15.2. The summed E-state index contributed by atoms with van der Waals surface area (Å²) in [5.41, 5.74) is 14.8. The van der Waals surface area contributed by atoms with Crippen molar-refractivity contribution in [3.63, 3.8) is 0 Å². The van der Waals surface area contributed by atoms with Crippen LogP contribution in [0.2, 0.25) is 0 Å². The molecule has 2 nitrogen and oxygen atoms in total. The highest BCUT2D eigenvalue weighted by atomic mass is 79.9. The molecule has 254 valence electrons. The highest BCUT2D eigenvalue weighted by molar-refractivity contribution is 9.10. The molecule has 0 aliphatic heterocycles. The zero-order valence-electron chi connectivity index (χ0n) is 30.1. The van der Waals surface area contributed by atoms with E-state index in [1.807, 2.05) is 0 Å². The number of halogens is 1. The van der Waals surface area contributed by atoms with Crippen LogP contribution in [-0.4, -0.2) is 0 Å². The van der Waals surface area contributed by atoms with Crippen LogP contribution in [0.15, 0.2) is 153 Å².